The summed E-state index contributed by atoms with van der Waals surface area (Å²) in [4.78, 5) is 14.5. The first-order valence-electron chi connectivity index (χ1n) is 4.62. The number of methoxy groups -OCH3 is 1. The van der Waals surface area contributed by atoms with Gasteiger partial charge in [-0.05, 0) is 11.6 Å². The molecule has 4 nitrogen and oxygen atoms in total. The second-order valence-electron chi connectivity index (χ2n) is 3.20. The number of carbonyl (C=O) groups is 1. The number of aliphatic carboxylic acids is 1. The number of pyridine rings is 1. The van der Waals surface area contributed by atoms with E-state index in [2.05, 4.69) is 20.9 Å². The molecule has 0 saturated carbocycles. The molecule has 1 rings (SSSR count). The van der Waals surface area contributed by atoms with Gasteiger partial charge in [0.25, 0.3) is 6.43 Å². The minimum atomic E-state index is -2.76. The summed E-state index contributed by atoms with van der Waals surface area (Å²) in [5, 5.41) is 8.95. The molecule has 0 amide bonds. The molecule has 1 N–H and O–H groups in total. The third-order valence-electron chi connectivity index (χ3n) is 2.08. The Kier molecular flexibility index (Phi) is 4.80. The van der Waals surface area contributed by atoms with Crippen molar-refractivity contribution in [2.24, 2.45) is 0 Å². The Morgan fingerprint density at radius 2 is 2.29 bits per heavy atom. The Morgan fingerprint density at radius 1 is 1.65 bits per heavy atom. The van der Waals surface area contributed by atoms with Crippen molar-refractivity contribution in [3.8, 4) is 5.88 Å². The van der Waals surface area contributed by atoms with Gasteiger partial charge in [-0.3, -0.25) is 4.79 Å². The van der Waals surface area contributed by atoms with Crippen LogP contribution in [0, 0.1) is 0 Å². The maximum Gasteiger partial charge on any atom is 0.307 e. The first kappa shape index (κ1) is 13.8. The standard InChI is InChI=1S/C10H10BrF2NO3/c1-17-10-6(9(12)13)2-5(3-8(15)16)7(4-11)14-10/h2,9H,3-4H2,1H3,(H,15,16). The van der Waals surface area contributed by atoms with Crippen molar-refractivity contribution in [3.63, 3.8) is 0 Å². The van der Waals surface area contributed by atoms with Crippen LogP contribution in [0.4, 0.5) is 8.78 Å². The highest BCUT2D eigenvalue weighted by atomic mass is 79.9. The Labute approximate surface area is 105 Å². The Morgan fingerprint density at radius 3 is 2.71 bits per heavy atom. The molecule has 0 atom stereocenters. The van der Waals surface area contributed by atoms with Crippen molar-refractivity contribution in [3.05, 3.63) is 22.9 Å². The van der Waals surface area contributed by atoms with E-state index in [-0.39, 0.29) is 23.2 Å². The molecule has 0 aromatic carbocycles. The summed E-state index contributed by atoms with van der Waals surface area (Å²) in [5.41, 5.74) is 0.243. The third-order valence-corrected chi connectivity index (χ3v) is 2.61. The highest BCUT2D eigenvalue weighted by Crippen LogP contribution is 2.30. The quantitative estimate of drug-likeness (QED) is 0.849. The van der Waals surface area contributed by atoms with Crippen molar-refractivity contribution in [1.82, 2.24) is 4.98 Å². The highest BCUT2D eigenvalue weighted by molar-refractivity contribution is 9.08. The number of carboxylic acid groups (broad SMARTS) is 1. The topological polar surface area (TPSA) is 59.4 Å². The van der Waals surface area contributed by atoms with E-state index in [0.29, 0.717) is 5.69 Å². The monoisotopic (exact) mass is 309 g/mol. The number of carboxylic acids is 1. The minimum absolute atomic E-state index is 0.177. The minimum Gasteiger partial charge on any atom is -0.481 e. The lowest BCUT2D eigenvalue weighted by molar-refractivity contribution is -0.136. The smallest absolute Gasteiger partial charge is 0.307 e. The summed E-state index contributed by atoms with van der Waals surface area (Å²) in [6.45, 7) is 0. The van der Waals surface area contributed by atoms with E-state index in [0.717, 1.165) is 6.07 Å². The van der Waals surface area contributed by atoms with Gasteiger partial charge < -0.3 is 9.84 Å². The van der Waals surface area contributed by atoms with E-state index in [4.69, 9.17) is 9.84 Å². The molecule has 94 valence electrons. The normalized spacial score (nSPS) is 10.6. The van der Waals surface area contributed by atoms with Gasteiger partial charge in [-0.1, -0.05) is 15.9 Å². The van der Waals surface area contributed by atoms with Gasteiger partial charge in [-0.15, -0.1) is 0 Å². The van der Waals surface area contributed by atoms with E-state index in [1.54, 1.807) is 0 Å². The number of nitrogens with zero attached hydrogens (tertiary/aromatic N) is 1. The van der Waals surface area contributed by atoms with Gasteiger partial charge in [-0.25, -0.2) is 13.8 Å². The van der Waals surface area contributed by atoms with Gasteiger partial charge in [0.1, 0.15) is 0 Å². The number of alkyl halides is 3. The molecule has 1 aromatic rings. The molecule has 0 aliphatic rings. The summed E-state index contributed by atoms with van der Waals surface area (Å²) in [6, 6.07) is 1.13. The van der Waals surface area contributed by atoms with E-state index >= 15 is 0 Å². The van der Waals surface area contributed by atoms with E-state index in [1.807, 2.05) is 0 Å². The van der Waals surface area contributed by atoms with Crippen LogP contribution in [0.3, 0.4) is 0 Å². The summed E-state index contributed by atoms with van der Waals surface area (Å²) < 4.78 is 30.1. The molecule has 1 heterocycles. The van der Waals surface area contributed by atoms with Gasteiger partial charge in [0.2, 0.25) is 5.88 Å². The molecule has 0 spiro atoms. The summed E-state index contributed by atoms with van der Waals surface area (Å²) in [6.07, 6.45) is -3.10. The predicted molar refractivity (Wildman–Crippen MR) is 59.7 cm³/mol. The number of rotatable bonds is 5. The zero-order valence-electron chi connectivity index (χ0n) is 8.91. The van der Waals surface area contributed by atoms with Gasteiger partial charge in [-0.2, -0.15) is 0 Å². The molecule has 0 bridgehead atoms. The van der Waals surface area contributed by atoms with E-state index in [1.165, 1.54) is 7.11 Å². The molecule has 0 fully saturated rings. The van der Waals surface area contributed by atoms with E-state index < -0.39 is 18.0 Å². The second kappa shape index (κ2) is 5.90. The fourth-order valence-corrected chi connectivity index (χ4v) is 1.83. The lowest BCUT2D eigenvalue weighted by Gasteiger charge is -2.11. The van der Waals surface area contributed by atoms with Crippen molar-refractivity contribution >= 4 is 21.9 Å². The Hall–Kier alpha value is -1.24. The number of hydrogen-bond acceptors (Lipinski definition) is 3. The fraction of sp³-hybridized carbons (Fsp3) is 0.400. The molecule has 7 heteroatoms. The number of aromatic nitrogens is 1. The molecule has 0 aliphatic heterocycles. The molecule has 17 heavy (non-hydrogen) atoms. The molecule has 0 aliphatic carbocycles. The van der Waals surface area contributed by atoms with Crippen LogP contribution in [0.15, 0.2) is 6.07 Å². The van der Waals surface area contributed by atoms with Crippen LogP contribution in [0.5, 0.6) is 5.88 Å². The van der Waals surface area contributed by atoms with Gasteiger partial charge in [0.15, 0.2) is 0 Å². The predicted octanol–water partition coefficient (Wildman–Crippen LogP) is 2.55. The number of ether oxygens (including phenoxy) is 1. The summed E-state index contributed by atoms with van der Waals surface area (Å²) >= 11 is 3.12. The van der Waals surface area contributed by atoms with Gasteiger partial charge >= 0.3 is 5.97 Å². The van der Waals surface area contributed by atoms with E-state index in [9.17, 15) is 13.6 Å². The zero-order chi connectivity index (χ0) is 13.0. The molecule has 1 aromatic heterocycles. The first-order valence-corrected chi connectivity index (χ1v) is 5.74. The molecular formula is C10H10BrF2NO3. The van der Waals surface area contributed by atoms with Gasteiger partial charge in [0, 0.05) is 5.33 Å². The zero-order valence-corrected chi connectivity index (χ0v) is 10.5. The van der Waals surface area contributed by atoms with Crippen molar-refractivity contribution < 1.29 is 23.4 Å². The van der Waals surface area contributed by atoms with Gasteiger partial charge in [0.05, 0.1) is 24.8 Å². The van der Waals surface area contributed by atoms with Crippen LogP contribution < -0.4 is 4.74 Å². The molecule has 0 saturated heterocycles. The Balaban J connectivity index is 3.28. The average Bonchev–Trinajstić information content (AvgIpc) is 2.27. The molecule has 0 unspecified atom stereocenters. The molecule has 0 radical (unpaired) electrons. The Bertz CT molecular complexity index is 426. The van der Waals surface area contributed by atoms with Crippen LogP contribution in [0.1, 0.15) is 23.2 Å². The fourth-order valence-electron chi connectivity index (χ4n) is 1.34. The van der Waals surface area contributed by atoms with Crippen molar-refractivity contribution in [2.45, 2.75) is 18.2 Å². The van der Waals surface area contributed by atoms with Crippen molar-refractivity contribution in [1.29, 1.82) is 0 Å². The van der Waals surface area contributed by atoms with Crippen LogP contribution >= 0.6 is 15.9 Å². The lowest BCUT2D eigenvalue weighted by atomic mass is 10.1. The lowest BCUT2D eigenvalue weighted by Crippen LogP contribution is -2.08. The summed E-state index contributed by atoms with van der Waals surface area (Å²) in [5.74, 6) is -1.28. The maximum absolute atomic E-state index is 12.7. The average molecular weight is 310 g/mol. The van der Waals surface area contributed by atoms with Crippen LogP contribution in [-0.2, 0) is 16.5 Å². The maximum atomic E-state index is 12.7. The third kappa shape index (κ3) is 3.36. The van der Waals surface area contributed by atoms with Crippen LogP contribution in [0.25, 0.3) is 0 Å². The summed E-state index contributed by atoms with van der Waals surface area (Å²) in [7, 11) is 1.24. The highest BCUT2D eigenvalue weighted by Gasteiger charge is 2.19. The van der Waals surface area contributed by atoms with Crippen LogP contribution in [-0.4, -0.2) is 23.2 Å². The SMILES string of the molecule is COc1nc(CBr)c(CC(=O)O)cc1C(F)F. The van der Waals surface area contributed by atoms with Crippen LogP contribution in [0.2, 0.25) is 0 Å². The molecular weight excluding hydrogens is 300 g/mol. The van der Waals surface area contributed by atoms with Crippen molar-refractivity contribution in [2.75, 3.05) is 7.11 Å². The number of halogens is 3. The largest absolute Gasteiger partial charge is 0.481 e. The number of hydrogen-bond donors (Lipinski definition) is 1. The second-order valence-corrected chi connectivity index (χ2v) is 3.76. The first-order chi connectivity index (χ1) is 7.99.